The maximum Gasteiger partial charge on any atom is 0.217 e. The normalized spacial score (nSPS) is 38.9. The average Bonchev–Trinajstić information content (AvgIpc) is 2.21. The van der Waals surface area contributed by atoms with Crippen LogP contribution in [-0.4, -0.2) is 58.7 Å². The van der Waals surface area contributed by atoms with E-state index < -0.39 is 24.4 Å². The number of aliphatic hydroxyl groups excluding tert-OH is 3. The third-order valence-electron chi connectivity index (χ3n) is 2.26. The number of β-amino-alcohol motifs (C(OH)–C–C–N with tert-alkyl or cyclic N) is 1. The number of hydrogen-bond acceptors (Lipinski definition) is 5. The summed E-state index contributed by atoms with van der Waals surface area (Å²) >= 11 is 0. The lowest BCUT2D eigenvalue weighted by atomic mass is 10.0. The van der Waals surface area contributed by atoms with E-state index in [0.717, 1.165) is 0 Å². The largest absolute Gasteiger partial charge is 0.389 e. The Kier molecular flexibility index (Phi) is 3.82. The van der Waals surface area contributed by atoms with Gasteiger partial charge in [0.15, 0.2) is 0 Å². The van der Waals surface area contributed by atoms with Crippen molar-refractivity contribution >= 4 is 5.91 Å². The molecule has 0 spiro atoms. The lowest BCUT2D eigenvalue weighted by Crippen LogP contribution is -2.51. The molecule has 82 valence electrons. The molecule has 1 saturated heterocycles. The van der Waals surface area contributed by atoms with Gasteiger partial charge in [-0.1, -0.05) is 0 Å². The summed E-state index contributed by atoms with van der Waals surface area (Å²) in [7, 11) is 0. The molecule has 1 amide bonds. The summed E-state index contributed by atoms with van der Waals surface area (Å²) in [5.41, 5.74) is 0. The Hall–Kier alpha value is -0.690. The van der Waals surface area contributed by atoms with E-state index in [4.69, 9.17) is 0 Å². The van der Waals surface area contributed by atoms with Crippen LogP contribution >= 0.6 is 0 Å². The molecule has 0 unspecified atom stereocenters. The third kappa shape index (κ3) is 2.65. The topological polar surface area (TPSA) is 102 Å². The lowest BCUT2D eigenvalue weighted by molar-refractivity contribution is -0.121. The van der Waals surface area contributed by atoms with E-state index in [1.807, 2.05) is 0 Å². The zero-order valence-corrected chi connectivity index (χ0v) is 7.97. The van der Waals surface area contributed by atoms with Crippen LogP contribution in [0.4, 0.5) is 0 Å². The molecule has 0 saturated carbocycles. The Bertz CT molecular complexity index is 212. The highest BCUT2D eigenvalue weighted by molar-refractivity contribution is 5.73. The molecule has 4 atom stereocenters. The molecule has 0 aromatic carbocycles. The van der Waals surface area contributed by atoms with Gasteiger partial charge in [-0.05, 0) is 0 Å². The molecule has 1 heterocycles. The molecule has 1 aliphatic rings. The van der Waals surface area contributed by atoms with Crippen LogP contribution in [0.25, 0.3) is 0 Å². The van der Waals surface area contributed by atoms with Crippen molar-refractivity contribution in [2.24, 2.45) is 0 Å². The first-order valence-electron chi connectivity index (χ1n) is 4.54. The number of rotatable bonds is 1. The molecule has 0 aromatic rings. The molecule has 0 aliphatic carbocycles. The number of carbonyl (C=O) groups is 1. The number of nitrogens with one attached hydrogen (secondary N) is 2. The molecule has 1 aliphatic heterocycles. The smallest absolute Gasteiger partial charge is 0.217 e. The minimum absolute atomic E-state index is 0.203. The maximum absolute atomic E-state index is 10.8. The zero-order valence-electron chi connectivity index (χ0n) is 7.97. The molecule has 5 N–H and O–H groups in total. The van der Waals surface area contributed by atoms with Gasteiger partial charge in [0.2, 0.25) is 5.91 Å². The van der Waals surface area contributed by atoms with Gasteiger partial charge in [0, 0.05) is 20.0 Å². The van der Waals surface area contributed by atoms with Crippen molar-refractivity contribution in [2.75, 3.05) is 13.1 Å². The van der Waals surface area contributed by atoms with Crippen LogP contribution in [0.3, 0.4) is 0 Å². The molecule has 0 bridgehead atoms. The quantitative estimate of drug-likeness (QED) is 0.317. The molecule has 0 radical (unpaired) electrons. The number of carbonyl (C=O) groups excluding carboxylic acids is 1. The predicted octanol–water partition coefficient (Wildman–Crippen LogP) is -2.82. The van der Waals surface area contributed by atoms with E-state index in [1.54, 1.807) is 0 Å². The van der Waals surface area contributed by atoms with E-state index in [9.17, 15) is 20.1 Å². The Morgan fingerprint density at radius 3 is 2.50 bits per heavy atom. The zero-order chi connectivity index (χ0) is 10.7. The summed E-state index contributed by atoms with van der Waals surface area (Å²) in [6.07, 6.45) is -3.39. The van der Waals surface area contributed by atoms with Crippen LogP contribution in [0.15, 0.2) is 0 Å². The SMILES string of the molecule is CC(=O)N[C@H]1CNC[C@@H](O)[C@@H](O)[C@@H]1O. The van der Waals surface area contributed by atoms with Crippen molar-refractivity contribution in [2.45, 2.75) is 31.3 Å². The van der Waals surface area contributed by atoms with Gasteiger partial charge in [0.25, 0.3) is 0 Å². The maximum atomic E-state index is 10.8. The fourth-order valence-corrected chi connectivity index (χ4v) is 1.49. The highest BCUT2D eigenvalue weighted by Gasteiger charge is 2.34. The van der Waals surface area contributed by atoms with Crippen LogP contribution in [0.2, 0.25) is 0 Å². The molecule has 0 aromatic heterocycles. The Balaban J connectivity index is 2.62. The van der Waals surface area contributed by atoms with Gasteiger partial charge < -0.3 is 26.0 Å². The first-order valence-corrected chi connectivity index (χ1v) is 4.54. The number of aliphatic hydroxyl groups is 3. The molecule has 6 nitrogen and oxygen atoms in total. The Labute approximate surface area is 81.9 Å². The van der Waals surface area contributed by atoms with E-state index >= 15 is 0 Å². The molecule has 6 heteroatoms. The van der Waals surface area contributed by atoms with Gasteiger partial charge in [-0.3, -0.25) is 4.79 Å². The summed E-state index contributed by atoms with van der Waals surface area (Å²) in [5.74, 6) is -0.278. The van der Waals surface area contributed by atoms with Gasteiger partial charge in [0.1, 0.15) is 12.2 Å². The Morgan fingerprint density at radius 1 is 1.29 bits per heavy atom. The Morgan fingerprint density at radius 2 is 1.93 bits per heavy atom. The third-order valence-corrected chi connectivity index (χ3v) is 2.26. The molecule has 1 fully saturated rings. The summed E-state index contributed by atoms with van der Waals surface area (Å²) in [5, 5.41) is 33.6. The first-order chi connectivity index (χ1) is 6.52. The van der Waals surface area contributed by atoms with E-state index in [1.165, 1.54) is 6.92 Å². The highest BCUT2D eigenvalue weighted by atomic mass is 16.4. The lowest BCUT2D eigenvalue weighted by Gasteiger charge is -2.25. The van der Waals surface area contributed by atoms with Crippen molar-refractivity contribution in [1.82, 2.24) is 10.6 Å². The summed E-state index contributed by atoms with van der Waals surface area (Å²) in [4.78, 5) is 10.8. The fourth-order valence-electron chi connectivity index (χ4n) is 1.49. The van der Waals surface area contributed by atoms with Crippen LogP contribution in [0, 0.1) is 0 Å². The van der Waals surface area contributed by atoms with Gasteiger partial charge in [-0.2, -0.15) is 0 Å². The predicted molar refractivity (Wildman–Crippen MR) is 48.5 cm³/mol. The summed E-state index contributed by atoms with van der Waals surface area (Å²) < 4.78 is 0. The molecular weight excluding hydrogens is 188 g/mol. The highest BCUT2D eigenvalue weighted by Crippen LogP contribution is 2.07. The van der Waals surface area contributed by atoms with E-state index in [-0.39, 0.29) is 12.5 Å². The molecule has 14 heavy (non-hydrogen) atoms. The number of amides is 1. The van der Waals surface area contributed by atoms with E-state index in [0.29, 0.717) is 6.54 Å². The second kappa shape index (κ2) is 4.70. The van der Waals surface area contributed by atoms with Crippen molar-refractivity contribution in [3.05, 3.63) is 0 Å². The van der Waals surface area contributed by atoms with E-state index in [2.05, 4.69) is 10.6 Å². The van der Waals surface area contributed by atoms with Gasteiger partial charge in [0.05, 0.1) is 12.1 Å². The van der Waals surface area contributed by atoms with Crippen molar-refractivity contribution < 1.29 is 20.1 Å². The van der Waals surface area contributed by atoms with Gasteiger partial charge in [-0.25, -0.2) is 0 Å². The molecule has 1 rings (SSSR count). The van der Waals surface area contributed by atoms with Gasteiger partial charge >= 0.3 is 0 Å². The van der Waals surface area contributed by atoms with Crippen LogP contribution in [-0.2, 0) is 4.79 Å². The van der Waals surface area contributed by atoms with Crippen molar-refractivity contribution in [1.29, 1.82) is 0 Å². The minimum atomic E-state index is -1.23. The monoisotopic (exact) mass is 204 g/mol. The summed E-state index contributed by atoms with van der Waals surface area (Å²) in [6.45, 7) is 1.86. The first kappa shape index (κ1) is 11.4. The summed E-state index contributed by atoms with van der Waals surface area (Å²) in [6, 6.07) is -0.570. The average molecular weight is 204 g/mol. The fraction of sp³-hybridized carbons (Fsp3) is 0.875. The number of hydrogen-bond donors (Lipinski definition) is 5. The van der Waals surface area contributed by atoms with Crippen molar-refractivity contribution in [3.8, 4) is 0 Å². The van der Waals surface area contributed by atoms with Crippen molar-refractivity contribution in [3.63, 3.8) is 0 Å². The van der Waals surface area contributed by atoms with Gasteiger partial charge in [-0.15, -0.1) is 0 Å². The molecular formula is C8H16N2O4. The standard InChI is InChI=1S/C8H16N2O4/c1-4(11)10-5-2-9-3-6(12)8(14)7(5)13/h5-9,12-14H,2-3H2,1H3,(H,10,11)/t5-,6+,7+,8+/m0/s1. The second-order valence-electron chi connectivity index (χ2n) is 3.51. The second-order valence-corrected chi connectivity index (χ2v) is 3.51. The van der Waals surface area contributed by atoms with Crippen LogP contribution in [0.5, 0.6) is 0 Å². The van der Waals surface area contributed by atoms with Crippen LogP contribution in [0.1, 0.15) is 6.92 Å². The minimum Gasteiger partial charge on any atom is -0.389 e. The van der Waals surface area contributed by atoms with Crippen LogP contribution < -0.4 is 10.6 Å².